The second-order valence-corrected chi connectivity index (χ2v) is 4.88. The van der Waals surface area contributed by atoms with E-state index in [0.717, 1.165) is 17.7 Å². The number of amides is 1. The van der Waals surface area contributed by atoms with Crippen molar-refractivity contribution < 1.29 is 9.90 Å². The second kappa shape index (κ2) is 6.90. The fourth-order valence-electron chi connectivity index (χ4n) is 2.18. The number of benzene rings is 2. The highest BCUT2D eigenvalue weighted by molar-refractivity contribution is 6.06. The summed E-state index contributed by atoms with van der Waals surface area (Å²) >= 11 is 0. The molecule has 0 heterocycles. The Morgan fingerprint density at radius 3 is 2.48 bits per heavy atom. The lowest BCUT2D eigenvalue weighted by atomic mass is 10.1. The van der Waals surface area contributed by atoms with Gasteiger partial charge in [-0.3, -0.25) is 4.79 Å². The number of carbonyl (C=O) groups is 1. The van der Waals surface area contributed by atoms with E-state index in [9.17, 15) is 9.90 Å². The average Bonchev–Trinajstić information content (AvgIpc) is 2.52. The van der Waals surface area contributed by atoms with Gasteiger partial charge in [-0.2, -0.15) is 0 Å². The van der Waals surface area contributed by atoms with Gasteiger partial charge in [0.05, 0.1) is 0 Å². The molecule has 21 heavy (non-hydrogen) atoms. The van der Waals surface area contributed by atoms with Crippen LogP contribution < -0.4 is 10.6 Å². The van der Waals surface area contributed by atoms with Gasteiger partial charge in [-0.25, -0.2) is 0 Å². The Labute approximate surface area is 124 Å². The molecular formula is C17H20N2O2. The smallest absolute Gasteiger partial charge is 0.258 e. The Morgan fingerprint density at radius 2 is 1.90 bits per heavy atom. The first-order valence-electron chi connectivity index (χ1n) is 7.05. The third-order valence-electron chi connectivity index (χ3n) is 3.27. The summed E-state index contributed by atoms with van der Waals surface area (Å²) in [6.07, 6.45) is 0.850. The van der Waals surface area contributed by atoms with Crippen LogP contribution in [0.5, 0.6) is 5.75 Å². The molecule has 4 nitrogen and oxygen atoms in total. The van der Waals surface area contributed by atoms with Crippen LogP contribution in [-0.2, 0) is 6.54 Å². The summed E-state index contributed by atoms with van der Waals surface area (Å²) in [5.41, 5.74) is 7.94. The van der Waals surface area contributed by atoms with Gasteiger partial charge < -0.3 is 15.7 Å². The van der Waals surface area contributed by atoms with Crippen molar-refractivity contribution in [1.82, 2.24) is 0 Å². The van der Waals surface area contributed by atoms with Gasteiger partial charge in [0, 0.05) is 24.3 Å². The average molecular weight is 284 g/mol. The zero-order valence-corrected chi connectivity index (χ0v) is 12.1. The highest BCUT2D eigenvalue weighted by Gasteiger charge is 2.17. The summed E-state index contributed by atoms with van der Waals surface area (Å²) < 4.78 is 0. The normalized spacial score (nSPS) is 10.4. The van der Waals surface area contributed by atoms with Gasteiger partial charge in [-0.05, 0) is 42.3 Å². The maximum absolute atomic E-state index is 12.6. The van der Waals surface area contributed by atoms with Crippen LogP contribution in [-0.4, -0.2) is 17.6 Å². The third kappa shape index (κ3) is 3.61. The monoisotopic (exact) mass is 284 g/mol. The Kier molecular flexibility index (Phi) is 4.95. The van der Waals surface area contributed by atoms with E-state index in [2.05, 4.69) is 0 Å². The van der Waals surface area contributed by atoms with Crippen LogP contribution in [0.2, 0.25) is 0 Å². The Bertz CT molecular complexity index is 608. The SMILES string of the molecule is CCCN(C(=O)c1cccc(O)c1)c1ccc(CN)cc1. The molecule has 0 radical (unpaired) electrons. The molecule has 2 aromatic carbocycles. The Morgan fingerprint density at radius 1 is 1.19 bits per heavy atom. The number of hydrogen-bond donors (Lipinski definition) is 2. The number of hydrogen-bond acceptors (Lipinski definition) is 3. The van der Waals surface area contributed by atoms with Crippen molar-refractivity contribution in [3.8, 4) is 5.75 Å². The lowest BCUT2D eigenvalue weighted by molar-refractivity contribution is 0.0986. The van der Waals surface area contributed by atoms with Crippen molar-refractivity contribution in [2.24, 2.45) is 5.73 Å². The molecule has 3 N–H and O–H groups in total. The molecule has 0 spiro atoms. The maximum Gasteiger partial charge on any atom is 0.258 e. The number of anilines is 1. The molecule has 2 rings (SSSR count). The summed E-state index contributed by atoms with van der Waals surface area (Å²) in [5.74, 6) is -0.0240. The zero-order chi connectivity index (χ0) is 15.2. The van der Waals surface area contributed by atoms with Gasteiger partial charge in [0.2, 0.25) is 0 Å². The standard InChI is InChI=1S/C17H20N2O2/c1-2-10-19(15-8-6-13(12-18)7-9-15)17(21)14-4-3-5-16(20)11-14/h3-9,11,20H,2,10,12,18H2,1H3. The summed E-state index contributed by atoms with van der Waals surface area (Å²) in [4.78, 5) is 14.3. The van der Waals surface area contributed by atoms with Crippen molar-refractivity contribution in [3.05, 3.63) is 59.7 Å². The van der Waals surface area contributed by atoms with E-state index in [1.807, 2.05) is 31.2 Å². The minimum Gasteiger partial charge on any atom is -0.508 e. The van der Waals surface area contributed by atoms with Crippen LogP contribution in [0.3, 0.4) is 0 Å². The number of rotatable bonds is 5. The van der Waals surface area contributed by atoms with Gasteiger partial charge in [0.1, 0.15) is 5.75 Å². The number of phenolic OH excluding ortho intramolecular Hbond substituents is 1. The van der Waals surface area contributed by atoms with Gasteiger partial charge in [0.25, 0.3) is 5.91 Å². The molecule has 1 amide bonds. The van der Waals surface area contributed by atoms with Crippen LogP contribution in [0.15, 0.2) is 48.5 Å². The first-order valence-corrected chi connectivity index (χ1v) is 7.05. The van der Waals surface area contributed by atoms with Crippen molar-refractivity contribution in [1.29, 1.82) is 0 Å². The summed E-state index contributed by atoms with van der Waals surface area (Å²) in [6.45, 7) is 3.13. The molecule has 0 aliphatic carbocycles. The fourth-order valence-corrected chi connectivity index (χ4v) is 2.18. The molecule has 0 unspecified atom stereocenters. The largest absolute Gasteiger partial charge is 0.508 e. The predicted molar refractivity (Wildman–Crippen MR) is 84.4 cm³/mol. The lowest BCUT2D eigenvalue weighted by Gasteiger charge is -2.22. The Balaban J connectivity index is 2.31. The molecule has 0 bridgehead atoms. The van der Waals surface area contributed by atoms with E-state index in [-0.39, 0.29) is 11.7 Å². The summed E-state index contributed by atoms with van der Waals surface area (Å²) in [7, 11) is 0. The van der Waals surface area contributed by atoms with E-state index in [1.165, 1.54) is 6.07 Å². The molecule has 0 aliphatic rings. The number of nitrogens with zero attached hydrogens (tertiary/aromatic N) is 1. The minimum absolute atomic E-state index is 0.0933. The predicted octanol–water partition coefficient (Wildman–Crippen LogP) is 2.91. The molecule has 0 saturated carbocycles. The lowest BCUT2D eigenvalue weighted by Crippen LogP contribution is -2.31. The van der Waals surface area contributed by atoms with Crippen LogP contribution in [0.4, 0.5) is 5.69 Å². The van der Waals surface area contributed by atoms with Crippen molar-refractivity contribution in [2.75, 3.05) is 11.4 Å². The summed E-state index contributed by atoms with van der Waals surface area (Å²) in [5, 5.41) is 9.53. The third-order valence-corrected chi connectivity index (χ3v) is 3.27. The summed E-state index contributed by atoms with van der Waals surface area (Å²) in [6, 6.07) is 14.1. The van der Waals surface area contributed by atoms with Crippen LogP contribution >= 0.6 is 0 Å². The first-order chi connectivity index (χ1) is 10.2. The Hall–Kier alpha value is -2.33. The van der Waals surface area contributed by atoms with Gasteiger partial charge >= 0.3 is 0 Å². The van der Waals surface area contributed by atoms with Crippen LogP contribution in [0, 0.1) is 0 Å². The number of aromatic hydroxyl groups is 1. The first kappa shape index (κ1) is 15.1. The van der Waals surface area contributed by atoms with Crippen molar-refractivity contribution in [2.45, 2.75) is 19.9 Å². The molecule has 0 aliphatic heterocycles. The fraction of sp³-hybridized carbons (Fsp3) is 0.235. The minimum atomic E-state index is -0.117. The number of carbonyl (C=O) groups excluding carboxylic acids is 1. The molecule has 110 valence electrons. The van der Waals surface area contributed by atoms with Crippen LogP contribution in [0.1, 0.15) is 29.3 Å². The molecule has 0 saturated heterocycles. The van der Waals surface area contributed by atoms with E-state index in [0.29, 0.717) is 18.7 Å². The van der Waals surface area contributed by atoms with Crippen LogP contribution in [0.25, 0.3) is 0 Å². The molecule has 0 atom stereocenters. The highest BCUT2D eigenvalue weighted by Crippen LogP contribution is 2.20. The second-order valence-electron chi connectivity index (χ2n) is 4.88. The zero-order valence-electron chi connectivity index (χ0n) is 12.1. The highest BCUT2D eigenvalue weighted by atomic mass is 16.3. The van der Waals surface area contributed by atoms with Crippen molar-refractivity contribution in [3.63, 3.8) is 0 Å². The van der Waals surface area contributed by atoms with E-state index >= 15 is 0 Å². The van der Waals surface area contributed by atoms with Gasteiger partial charge in [0.15, 0.2) is 0 Å². The molecular weight excluding hydrogens is 264 g/mol. The van der Waals surface area contributed by atoms with Crippen molar-refractivity contribution >= 4 is 11.6 Å². The topological polar surface area (TPSA) is 66.6 Å². The van der Waals surface area contributed by atoms with E-state index in [4.69, 9.17) is 5.73 Å². The molecule has 0 fully saturated rings. The molecule has 2 aromatic rings. The number of nitrogens with two attached hydrogens (primary N) is 1. The molecule has 0 aromatic heterocycles. The molecule has 4 heteroatoms. The number of phenols is 1. The maximum atomic E-state index is 12.6. The quantitative estimate of drug-likeness (QED) is 0.887. The van der Waals surface area contributed by atoms with E-state index < -0.39 is 0 Å². The van der Waals surface area contributed by atoms with Gasteiger partial charge in [-0.1, -0.05) is 25.1 Å². The van der Waals surface area contributed by atoms with Gasteiger partial charge in [-0.15, -0.1) is 0 Å². The van der Waals surface area contributed by atoms with E-state index in [1.54, 1.807) is 23.1 Å².